The number of nitrogens with zero attached hydrogens (tertiary/aromatic N) is 1. The fourth-order valence-corrected chi connectivity index (χ4v) is 1.67. The zero-order valence-corrected chi connectivity index (χ0v) is 9.21. The Kier molecular flexibility index (Phi) is 2.64. The third-order valence-corrected chi connectivity index (χ3v) is 3.01. The lowest BCUT2D eigenvalue weighted by Gasteiger charge is -2.09. The van der Waals surface area contributed by atoms with Crippen LogP contribution >= 0.6 is 0 Å². The van der Waals surface area contributed by atoms with E-state index in [1.807, 2.05) is 0 Å². The van der Waals surface area contributed by atoms with Gasteiger partial charge < -0.3 is 9.88 Å². The SMILES string of the molecule is CCCn1ccc(CNC2(C)CC2)c1. The maximum absolute atomic E-state index is 3.59. The van der Waals surface area contributed by atoms with Crippen molar-refractivity contribution in [3.63, 3.8) is 0 Å². The van der Waals surface area contributed by atoms with E-state index in [4.69, 9.17) is 0 Å². The van der Waals surface area contributed by atoms with Gasteiger partial charge in [-0.3, -0.25) is 0 Å². The predicted molar refractivity (Wildman–Crippen MR) is 59.2 cm³/mol. The van der Waals surface area contributed by atoms with Gasteiger partial charge in [-0.1, -0.05) is 6.92 Å². The summed E-state index contributed by atoms with van der Waals surface area (Å²) in [5.74, 6) is 0. The third kappa shape index (κ3) is 2.38. The van der Waals surface area contributed by atoms with E-state index < -0.39 is 0 Å². The second-order valence-corrected chi connectivity index (χ2v) is 4.67. The molecule has 0 radical (unpaired) electrons. The molecule has 1 fully saturated rings. The van der Waals surface area contributed by atoms with Gasteiger partial charge in [0, 0.05) is 31.0 Å². The Hall–Kier alpha value is -0.760. The van der Waals surface area contributed by atoms with Crippen molar-refractivity contribution in [3.05, 3.63) is 24.0 Å². The van der Waals surface area contributed by atoms with Gasteiger partial charge in [-0.05, 0) is 37.8 Å². The number of aryl methyl sites for hydroxylation is 1. The first-order valence-corrected chi connectivity index (χ1v) is 5.61. The minimum absolute atomic E-state index is 0.451. The van der Waals surface area contributed by atoms with Crippen LogP contribution in [-0.2, 0) is 13.1 Å². The summed E-state index contributed by atoms with van der Waals surface area (Å²) in [5.41, 5.74) is 1.86. The van der Waals surface area contributed by atoms with Crippen LogP contribution in [0.1, 0.15) is 38.7 Å². The predicted octanol–water partition coefficient (Wildman–Crippen LogP) is 2.54. The van der Waals surface area contributed by atoms with Crippen molar-refractivity contribution in [2.45, 2.75) is 51.7 Å². The molecule has 2 nitrogen and oxygen atoms in total. The second kappa shape index (κ2) is 3.77. The van der Waals surface area contributed by atoms with Crippen LogP contribution in [0.25, 0.3) is 0 Å². The van der Waals surface area contributed by atoms with Crippen LogP contribution in [0.15, 0.2) is 18.5 Å². The maximum Gasteiger partial charge on any atom is 0.0225 e. The van der Waals surface area contributed by atoms with E-state index in [0.29, 0.717) is 5.54 Å². The minimum Gasteiger partial charge on any atom is -0.354 e. The molecule has 14 heavy (non-hydrogen) atoms. The van der Waals surface area contributed by atoms with Crippen molar-refractivity contribution in [3.8, 4) is 0 Å². The van der Waals surface area contributed by atoms with Crippen LogP contribution in [0.2, 0.25) is 0 Å². The quantitative estimate of drug-likeness (QED) is 0.758. The number of aromatic nitrogens is 1. The molecule has 1 aliphatic rings. The van der Waals surface area contributed by atoms with Gasteiger partial charge in [-0.15, -0.1) is 0 Å². The summed E-state index contributed by atoms with van der Waals surface area (Å²) < 4.78 is 2.27. The smallest absolute Gasteiger partial charge is 0.0225 e. The molecule has 2 heteroatoms. The Balaban J connectivity index is 1.83. The van der Waals surface area contributed by atoms with E-state index in [2.05, 4.69) is 42.2 Å². The van der Waals surface area contributed by atoms with Crippen LogP contribution in [0, 0.1) is 0 Å². The lowest BCUT2D eigenvalue weighted by atomic mass is 10.3. The zero-order valence-electron chi connectivity index (χ0n) is 9.21. The largest absolute Gasteiger partial charge is 0.354 e. The Morgan fingerprint density at radius 3 is 2.93 bits per heavy atom. The first kappa shape index (κ1) is 9.78. The molecule has 0 unspecified atom stereocenters. The zero-order chi connectivity index (χ0) is 10.0. The highest BCUT2D eigenvalue weighted by atomic mass is 15.0. The average molecular weight is 192 g/mol. The van der Waals surface area contributed by atoms with Gasteiger partial charge >= 0.3 is 0 Å². The van der Waals surface area contributed by atoms with Gasteiger partial charge in [0.1, 0.15) is 0 Å². The van der Waals surface area contributed by atoms with E-state index in [0.717, 1.165) is 13.1 Å². The van der Waals surface area contributed by atoms with Crippen molar-refractivity contribution in [2.75, 3.05) is 0 Å². The minimum atomic E-state index is 0.451. The van der Waals surface area contributed by atoms with Crippen LogP contribution in [0.5, 0.6) is 0 Å². The second-order valence-electron chi connectivity index (χ2n) is 4.67. The van der Waals surface area contributed by atoms with Gasteiger partial charge in [0.25, 0.3) is 0 Å². The summed E-state index contributed by atoms with van der Waals surface area (Å²) in [6.07, 6.45) is 8.31. The maximum atomic E-state index is 3.59. The van der Waals surface area contributed by atoms with Gasteiger partial charge in [0.15, 0.2) is 0 Å². The van der Waals surface area contributed by atoms with Crippen molar-refractivity contribution in [1.82, 2.24) is 9.88 Å². The van der Waals surface area contributed by atoms with E-state index in [1.165, 1.54) is 24.8 Å². The standard InChI is InChI=1S/C12H20N2/c1-3-7-14-8-4-11(10-14)9-13-12(2)5-6-12/h4,8,10,13H,3,5-7,9H2,1-2H3. The molecule has 1 N–H and O–H groups in total. The molecule has 0 spiro atoms. The van der Waals surface area contributed by atoms with E-state index in [1.54, 1.807) is 0 Å². The van der Waals surface area contributed by atoms with Crippen molar-refractivity contribution in [2.24, 2.45) is 0 Å². The van der Waals surface area contributed by atoms with Crippen molar-refractivity contribution < 1.29 is 0 Å². The lowest BCUT2D eigenvalue weighted by molar-refractivity contribution is 0.537. The normalized spacial score (nSPS) is 18.4. The highest BCUT2D eigenvalue weighted by Crippen LogP contribution is 2.34. The Labute approximate surface area is 86.3 Å². The molecule has 0 aromatic carbocycles. The molecule has 0 amide bonds. The summed E-state index contributed by atoms with van der Waals surface area (Å²) in [6.45, 7) is 6.67. The summed E-state index contributed by atoms with van der Waals surface area (Å²) in [4.78, 5) is 0. The molecule has 0 atom stereocenters. The summed E-state index contributed by atoms with van der Waals surface area (Å²) in [5, 5.41) is 3.59. The highest BCUT2D eigenvalue weighted by molar-refractivity contribution is 5.11. The fraction of sp³-hybridized carbons (Fsp3) is 0.667. The fourth-order valence-electron chi connectivity index (χ4n) is 1.67. The van der Waals surface area contributed by atoms with Crippen LogP contribution in [0.4, 0.5) is 0 Å². The number of rotatable bonds is 5. The summed E-state index contributed by atoms with van der Waals surface area (Å²) in [6, 6.07) is 2.22. The van der Waals surface area contributed by atoms with Crippen LogP contribution in [-0.4, -0.2) is 10.1 Å². The molecule has 1 heterocycles. The summed E-state index contributed by atoms with van der Waals surface area (Å²) in [7, 11) is 0. The lowest BCUT2D eigenvalue weighted by Crippen LogP contribution is -2.26. The van der Waals surface area contributed by atoms with Gasteiger partial charge in [0.2, 0.25) is 0 Å². The van der Waals surface area contributed by atoms with E-state index in [9.17, 15) is 0 Å². The molecular formula is C12H20N2. The first-order chi connectivity index (χ1) is 6.72. The molecule has 1 saturated carbocycles. The average Bonchev–Trinajstić information content (AvgIpc) is 2.74. The van der Waals surface area contributed by atoms with Gasteiger partial charge in [0.05, 0.1) is 0 Å². The molecule has 0 saturated heterocycles. The van der Waals surface area contributed by atoms with Crippen LogP contribution in [0.3, 0.4) is 0 Å². The Bertz CT molecular complexity index is 297. The number of hydrogen-bond acceptors (Lipinski definition) is 1. The topological polar surface area (TPSA) is 17.0 Å². The molecule has 1 aromatic heterocycles. The molecule has 1 aromatic rings. The number of nitrogens with one attached hydrogen (secondary N) is 1. The Morgan fingerprint density at radius 2 is 2.29 bits per heavy atom. The monoisotopic (exact) mass is 192 g/mol. The number of hydrogen-bond donors (Lipinski definition) is 1. The molecular weight excluding hydrogens is 172 g/mol. The van der Waals surface area contributed by atoms with Crippen molar-refractivity contribution in [1.29, 1.82) is 0 Å². The Morgan fingerprint density at radius 1 is 1.50 bits per heavy atom. The van der Waals surface area contributed by atoms with Gasteiger partial charge in [-0.25, -0.2) is 0 Å². The highest BCUT2D eigenvalue weighted by Gasteiger charge is 2.36. The first-order valence-electron chi connectivity index (χ1n) is 5.61. The third-order valence-electron chi connectivity index (χ3n) is 3.01. The van der Waals surface area contributed by atoms with Gasteiger partial charge in [-0.2, -0.15) is 0 Å². The molecule has 2 rings (SSSR count). The molecule has 1 aliphatic carbocycles. The van der Waals surface area contributed by atoms with E-state index >= 15 is 0 Å². The van der Waals surface area contributed by atoms with Crippen LogP contribution < -0.4 is 5.32 Å². The van der Waals surface area contributed by atoms with Crippen molar-refractivity contribution >= 4 is 0 Å². The van der Waals surface area contributed by atoms with E-state index in [-0.39, 0.29) is 0 Å². The molecule has 0 aliphatic heterocycles. The molecule has 0 bridgehead atoms. The summed E-state index contributed by atoms with van der Waals surface area (Å²) >= 11 is 0. The molecule has 78 valence electrons.